The van der Waals surface area contributed by atoms with Crippen LogP contribution in [0.2, 0.25) is 5.15 Å². The Hall–Kier alpha value is -1.97. The molecule has 0 spiro atoms. The molecule has 0 saturated carbocycles. The number of rotatable bonds is 6. The van der Waals surface area contributed by atoms with Crippen LogP contribution in [0.4, 0.5) is 5.13 Å². The van der Waals surface area contributed by atoms with Gasteiger partial charge in [0.25, 0.3) is 5.91 Å². The lowest BCUT2D eigenvalue weighted by Gasteiger charge is -2.37. The Morgan fingerprint density at radius 2 is 2.30 bits per heavy atom. The molecule has 0 aromatic carbocycles. The minimum atomic E-state index is -0.301. The number of nitrogens with one attached hydrogen (secondary N) is 2. The summed E-state index contributed by atoms with van der Waals surface area (Å²) in [6, 6.07) is -0.153. The van der Waals surface area contributed by atoms with Crippen LogP contribution in [0.1, 0.15) is 45.0 Å². The number of amides is 1. The van der Waals surface area contributed by atoms with E-state index in [1.807, 2.05) is 13.8 Å². The topological polar surface area (TPSA) is 100 Å². The first-order chi connectivity index (χ1) is 13.0. The van der Waals surface area contributed by atoms with E-state index in [1.165, 1.54) is 11.3 Å². The molecule has 3 rings (SSSR count). The van der Waals surface area contributed by atoms with Gasteiger partial charge in [0.2, 0.25) is 0 Å². The van der Waals surface area contributed by atoms with Crippen molar-refractivity contribution in [1.82, 2.24) is 20.3 Å². The molecule has 2 aromatic heterocycles. The van der Waals surface area contributed by atoms with Crippen molar-refractivity contribution in [3.05, 3.63) is 27.2 Å². The summed E-state index contributed by atoms with van der Waals surface area (Å²) < 4.78 is 5.60. The molecular weight excluding hydrogens is 390 g/mol. The summed E-state index contributed by atoms with van der Waals surface area (Å²) in [5.74, 6) is -0.0919. The minimum absolute atomic E-state index is 0.153. The van der Waals surface area contributed by atoms with E-state index < -0.39 is 0 Å². The molecule has 27 heavy (non-hydrogen) atoms. The highest BCUT2D eigenvalue weighted by Crippen LogP contribution is 2.28. The number of hydrogen-bond acceptors (Lipinski definition) is 7. The fourth-order valence-corrected chi connectivity index (χ4v) is 4.28. The molecule has 1 fully saturated rings. The van der Waals surface area contributed by atoms with Gasteiger partial charge in [0.1, 0.15) is 5.69 Å². The third-order valence-electron chi connectivity index (χ3n) is 4.68. The number of halogens is 1. The number of carbonyl (C=O) groups is 2. The summed E-state index contributed by atoms with van der Waals surface area (Å²) in [6.07, 6.45) is 1.93. The van der Waals surface area contributed by atoms with Crippen LogP contribution in [0.5, 0.6) is 0 Å². The van der Waals surface area contributed by atoms with E-state index in [0.717, 1.165) is 22.0 Å². The standard InChI is InChI=1S/C17H22ClN5O3S/c1-4-10-14(18)22-15(19-10)16(25)20-11-5-6-23(7-13(11)26-3)17-21-12(8-24)9(2)27-17/h8,11,13H,4-7H2,1-3H3,(H,19,22)(H,20,25)/t11-,13+/m1/s1. The van der Waals surface area contributed by atoms with Crippen LogP contribution < -0.4 is 10.2 Å². The molecule has 0 radical (unpaired) electrons. The molecule has 1 amide bonds. The molecule has 0 unspecified atom stereocenters. The Balaban J connectivity index is 1.67. The number of piperidine rings is 1. The number of aryl methyl sites for hydroxylation is 2. The smallest absolute Gasteiger partial charge is 0.287 e. The zero-order valence-corrected chi connectivity index (χ0v) is 17.0. The maximum atomic E-state index is 12.5. The average molecular weight is 412 g/mol. The molecule has 1 aliphatic rings. The highest BCUT2D eigenvalue weighted by atomic mass is 35.5. The Bertz CT molecular complexity index is 837. The number of carbonyl (C=O) groups excluding carboxylic acids is 2. The summed E-state index contributed by atoms with van der Waals surface area (Å²) in [4.78, 5) is 37.9. The molecule has 0 bridgehead atoms. The average Bonchev–Trinajstić information content (AvgIpc) is 3.24. The fraction of sp³-hybridized carbons (Fsp3) is 0.529. The van der Waals surface area contributed by atoms with Crippen molar-refractivity contribution in [2.45, 2.75) is 38.8 Å². The van der Waals surface area contributed by atoms with Crippen LogP contribution in [0, 0.1) is 6.92 Å². The van der Waals surface area contributed by atoms with E-state index in [-0.39, 0.29) is 23.9 Å². The molecule has 2 atom stereocenters. The van der Waals surface area contributed by atoms with Gasteiger partial charge in [-0.05, 0) is 19.8 Å². The minimum Gasteiger partial charge on any atom is -0.377 e. The van der Waals surface area contributed by atoms with E-state index in [9.17, 15) is 9.59 Å². The van der Waals surface area contributed by atoms with Gasteiger partial charge in [0.15, 0.2) is 22.4 Å². The zero-order valence-electron chi connectivity index (χ0n) is 15.4. The van der Waals surface area contributed by atoms with Crippen LogP contribution in [0.15, 0.2) is 0 Å². The van der Waals surface area contributed by atoms with Crippen LogP contribution >= 0.6 is 22.9 Å². The van der Waals surface area contributed by atoms with Crippen molar-refractivity contribution in [3.8, 4) is 0 Å². The Kier molecular flexibility index (Phi) is 6.13. The highest BCUT2D eigenvalue weighted by molar-refractivity contribution is 7.15. The third kappa shape index (κ3) is 4.15. The Labute approximate surface area is 166 Å². The van der Waals surface area contributed by atoms with Gasteiger partial charge in [-0.3, -0.25) is 9.59 Å². The van der Waals surface area contributed by atoms with E-state index in [0.29, 0.717) is 36.8 Å². The van der Waals surface area contributed by atoms with Crippen molar-refractivity contribution in [1.29, 1.82) is 0 Å². The summed E-state index contributed by atoms with van der Waals surface area (Å²) in [7, 11) is 1.62. The van der Waals surface area contributed by atoms with Gasteiger partial charge in [-0.25, -0.2) is 9.97 Å². The van der Waals surface area contributed by atoms with Crippen LogP contribution in [0.25, 0.3) is 0 Å². The summed E-state index contributed by atoms with van der Waals surface area (Å²) in [5.41, 5.74) is 1.21. The number of H-pyrrole nitrogens is 1. The fourth-order valence-electron chi connectivity index (χ4n) is 3.10. The van der Waals surface area contributed by atoms with E-state index in [4.69, 9.17) is 16.3 Å². The van der Waals surface area contributed by atoms with Crippen molar-refractivity contribution in [2.24, 2.45) is 0 Å². The summed E-state index contributed by atoms with van der Waals surface area (Å²) in [6.45, 7) is 5.10. The first-order valence-electron chi connectivity index (χ1n) is 8.72. The van der Waals surface area contributed by atoms with Gasteiger partial charge in [0.05, 0.1) is 17.8 Å². The van der Waals surface area contributed by atoms with Gasteiger partial charge >= 0.3 is 0 Å². The molecule has 2 aromatic rings. The van der Waals surface area contributed by atoms with Gasteiger partial charge in [-0.15, -0.1) is 11.3 Å². The first-order valence-corrected chi connectivity index (χ1v) is 9.91. The monoisotopic (exact) mass is 411 g/mol. The van der Waals surface area contributed by atoms with Crippen molar-refractivity contribution in [3.63, 3.8) is 0 Å². The molecule has 146 valence electrons. The number of aromatic amines is 1. The molecule has 3 heterocycles. The van der Waals surface area contributed by atoms with Gasteiger partial charge < -0.3 is 19.9 Å². The molecule has 1 saturated heterocycles. The maximum Gasteiger partial charge on any atom is 0.287 e. The molecule has 10 heteroatoms. The third-order valence-corrected chi connectivity index (χ3v) is 6.04. The lowest BCUT2D eigenvalue weighted by atomic mass is 10.0. The summed E-state index contributed by atoms with van der Waals surface area (Å²) >= 11 is 7.51. The number of thiazole rings is 1. The second-order valence-corrected chi connectivity index (χ2v) is 7.89. The second kappa shape index (κ2) is 8.37. The number of methoxy groups -OCH3 is 1. The van der Waals surface area contributed by atoms with Crippen molar-refractivity contribution >= 4 is 40.3 Å². The molecule has 2 N–H and O–H groups in total. The SMILES string of the molecule is CCc1[nH]c(C(=O)N[C@@H]2CCN(c3nc(C=O)c(C)s3)C[C@@H]2OC)nc1Cl. The van der Waals surface area contributed by atoms with Gasteiger partial charge in [-0.2, -0.15) is 0 Å². The molecular formula is C17H22ClN5O3S. The molecule has 1 aliphatic heterocycles. The van der Waals surface area contributed by atoms with Crippen LogP contribution in [-0.2, 0) is 11.2 Å². The van der Waals surface area contributed by atoms with E-state index in [1.54, 1.807) is 7.11 Å². The number of nitrogens with zero attached hydrogens (tertiary/aromatic N) is 3. The summed E-state index contributed by atoms with van der Waals surface area (Å²) in [5, 5.41) is 4.11. The van der Waals surface area contributed by atoms with Gasteiger partial charge in [-0.1, -0.05) is 18.5 Å². The lowest BCUT2D eigenvalue weighted by Crippen LogP contribution is -2.55. The Morgan fingerprint density at radius 3 is 2.89 bits per heavy atom. The largest absolute Gasteiger partial charge is 0.377 e. The lowest BCUT2D eigenvalue weighted by molar-refractivity contribution is 0.0538. The number of imidazole rings is 1. The van der Waals surface area contributed by atoms with Crippen molar-refractivity contribution < 1.29 is 14.3 Å². The predicted molar refractivity (Wildman–Crippen MR) is 104 cm³/mol. The number of anilines is 1. The van der Waals surface area contributed by atoms with E-state index >= 15 is 0 Å². The number of ether oxygens (including phenoxy) is 1. The van der Waals surface area contributed by atoms with Crippen LogP contribution in [0.3, 0.4) is 0 Å². The molecule has 8 nitrogen and oxygen atoms in total. The quantitative estimate of drug-likeness (QED) is 0.707. The zero-order chi connectivity index (χ0) is 19.6. The molecule has 0 aliphatic carbocycles. The van der Waals surface area contributed by atoms with E-state index in [2.05, 4.69) is 25.2 Å². The number of aldehydes is 1. The predicted octanol–water partition coefficient (Wildman–Crippen LogP) is 2.23. The number of aromatic nitrogens is 3. The normalized spacial score (nSPS) is 19.9. The van der Waals surface area contributed by atoms with Gasteiger partial charge in [0, 0.05) is 25.1 Å². The highest BCUT2D eigenvalue weighted by Gasteiger charge is 2.32. The number of hydrogen-bond donors (Lipinski definition) is 2. The Morgan fingerprint density at radius 1 is 1.52 bits per heavy atom. The first kappa shape index (κ1) is 19.8. The van der Waals surface area contributed by atoms with Crippen molar-refractivity contribution in [2.75, 3.05) is 25.1 Å². The van der Waals surface area contributed by atoms with Crippen LogP contribution in [-0.4, -0.2) is 59.5 Å². The maximum absolute atomic E-state index is 12.5. The second-order valence-electron chi connectivity index (χ2n) is 6.35.